The molecule has 1 nitrogen and oxygen atoms in total. The summed E-state index contributed by atoms with van der Waals surface area (Å²) in [5.41, 5.74) is 5.89. The van der Waals surface area contributed by atoms with Crippen molar-refractivity contribution in [2.75, 3.05) is 0 Å². The molecule has 0 bridgehead atoms. The highest BCUT2D eigenvalue weighted by Gasteiger charge is 2.18. The Morgan fingerprint density at radius 1 is 1.08 bits per heavy atom. The molecule has 0 radical (unpaired) electrons. The summed E-state index contributed by atoms with van der Waals surface area (Å²) in [5, 5.41) is 0. The van der Waals surface area contributed by atoms with Gasteiger partial charge in [-0.3, -0.25) is 4.99 Å². The van der Waals surface area contributed by atoms with Gasteiger partial charge in [0.15, 0.2) is 0 Å². The molecule has 1 aliphatic carbocycles. The maximum Gasteiger partial charge on any atom is 0.0664 e. The van der Waals surface area contributed by atoms with E-state index in [9.17, 15) is 0 Å². The van der Waals surface area contributed by atoms with Crippen molar-refractivity contribution in [1.82, 2.24) is 0 Å². The molecule has 2 aliphatic rings. The van der Waals surface area contributed by atoms with Crippen molar-refractivity contribution in [2.24, 2.45) is 4.99 Å². The number of nitrogens with zero attached hydrogens (tertiary/aromatic N) is 1. The summed E-state index contributed by atoms with van der Waals surface area (Å²) >= 11 is 0. The number of benzene rings is 1. The zero-order chi connectivity index (χ0) is 7.97. The van der Waals surface area contributed by atoms with Crippen LogP contribution in [0, 0.1) is 0 Å². The molecule has 0 aromatic heterocycles. The Morgan fingerprint density at radius 3 is 3.08 bits per heavy atom. The minimum absolute atomic E-state index is 1.07. The van der Waals surface area contributed by atoms with E-state index in [0.29, 0.717) is 0 Å². The molecule has 0 amide bonds. The maximum absolute atomic E-state index is 4.35. The highest BCUT2D eigenvalue weighted by molar-refractivity contribution is 5.77. The second-order valence-electron chi connectivity index (χ2n) is 3.57. The first-order valence-electron chi connectivity index (χ1n) is 4.61. The number of aliphatic imine (C=N–C) groups is 1. The first kappa shape index (κ1) is 6.41. The predicted octanol–water partition coefficient (Wildman–Crippen LogP) is 2.43. The minimum atomic E-state index is 1.07. The standard InChI is InChI=1S/C11H11N/c1-2-8-4-5-11-10(6-7-12-11)9(8)3-1/h4-5,7H,1-3,6H2. The first-order valence-corrected chi connectivity index (χ1v) is 4.61. The molecule has 0 unspecified atom stereocenters. The predicted molar refractivity (Wildman–Crippen MR) is 50.3 cm³/mol. The fourth-order valence-corrected chi connectivity index (χ4v) is 2.31. The van der Waals surface area contributed by atoms with Crippen LogP contribution >= 0.6 is 0 Å². The Kier molecular flexibility index (Phi) is 1.17. The molecule has 0 N–H and O–H groups in total. The lowest BCUT2D eigenvalue weighted by Crippen LogP contribution is -1.90. The van der Waals surface area contributed by atoms with E-state index in [1.165, 1.54) is 30.5 Å². The van der Waals surface area contributed by atoms with Crippen molar-refractivity contribution in [3.63, 3.8) is 0 Å². The molecule has 0 saturated carbocycles. The van der Waals surface area contributed by atoms with E-state index in [4.69, 9.17) is 0 Å². The monoisotopic (exact) mass is 157 g/mol. The van der Waals surface area contributed by atoms with E-state index in [1.54, 1.807) is 11.1 Å². The van der Waals surface area contributed by atoms with Gasteiger partial charge < -0.3 is 0 Å². The molecule has 1 heteroatoms. The van der Waals surface area contributed by atoms with Crippen LogP contribution in [0.15, 0.2) is 17.1 Å². The van der Waals surface area contributed by atoms with Crippen molar-refractivity contribution >= 4 is 11.9 Å². The SMILES string of the molecule is C1=Nc2ccc3c(c2C1)CCC3. The van der Waals surface area contributed by atoms with E-state index in [-0.39, 0.29) is 0 Å². The van der Waals surface area contributed by atoms with Crippen LogP contribution in [0.4, 0.5) is 5.69 Å². The average molecular weight is 157 g/mol. The topological polar surface area (TPSA) is 12.4 Å². The van der Waals surface area contributed by atoms with E-state index in [1.807, 2.05) is 6.21 Å². The molecule has 0 fully saturated rings. The molecule has 1 aromatic rings. The van der Waals surface area contributed by atoms with Gasteiger partial charge in [0.25, 0.3) is 0 Å². The van der Waals surface area contributed by atoms with Crippen molar-refractivity contribution in [2.45, 2.75) is 25.7 Å². The van der Waals surface area contributed by atoms with Gasteiger partial charge in [0.1, 0.15) is 0 Å². The van der Waals surface area contributed by atoms with E-state index in [2.05, 4.69) is 17.1 Å². The summed E-state index contributed by atoms with van der Waals surface area (Å²) in [4.78, 5) is 4.35. The fourth-order valence-electron chi connectivity index (χ4n) is 2.31. The van der Waals surface area contributed by atoms with E-state index in [0.717, 1.165) is 6.42 Å². The largest absolute Gasteiger partial charge is 0.261 e. The highest BCUT2D eigenvalue weighted by Crippen LogP contribution is 2.34. The van der Waals surface area contributed by atoms with Crippen LogP contribution in [0.3, 0.4) is 0 Å². The summed E-state index contributed by atoms with van der Waals surface area (Å²) in [6.07, 6.45) is 7.00. The fraction of sp³-hybridized carbons (Fsp3) is 0.364. The lowest BCUT2D eigenvalue weighted by atomic mass is 10.0. The third-order valence-corrected chi connectivity index (χ3v) is 2.90. The molecule has 1 aliphatic heterocycles. The van der Waals surface area contributed by atoms with Crippen LogP contribution in [0.5, 0.6) is 0 Å². The van der Waals surface area contributed by atoms with Crippen LogP contribution < -0.4 is 0 Å². The quantitative estimate of drug-likeness (QED) is 0.548. The summed E-state index contributed by atoms with van der Waals surface area (Å²) in [5.74, 6) is 0. The van der Waals surface area contributed by atoms with Crippen LogP contribution in [0.1, 0.15) is 23.1 Å². The molecule has 1 aromatic carbocycles. The van der Waals surface area contributed by atoms with Crippen LogP contribution in [0.2, 0.25) is 0 Å². The molecule has 3 rings (SSSR count). The number of hydrogen-bond donors (Lipinski definition) is 0. The third-order valence-electron chi connectivity index (χ3n) is 2.90. The van der Waals surface area contributed by atoms with E-state index < -0.39 is 0 Å². The first-order chi connectivity index (χ1) is 5.95. The van der Waals surface area contributed by atoms with Gasteiger partial charge in [-0.1, -0.05) is 6.07 Å². The van der Waals surface area contributed by atoms with Gasteiger partial charge in [0.05, 0.1) is 5.69 Å². The van der Waals surface area contributed by atoms with Crippen LogP contribution in [-0.2, 0) is 19.3 Å². The summed E-state index contributed by atoms with van der Waals surface area (Å²) in [6.45, 7) is 0. The van der Waals surface area contributed by atoms with Gasteiger partial charge >= 0.3 is 0 Å². The molecule has 12 heavy (non-hydrogen) atoms. The average Bonchev–Trinajstić information content (AvgIpc) is 2.71. The molecule has 0 saturated heterocycles. The lowest BCUT2D eigenvalue weighted by Gasteiger charge is -2.04. The van der Waals surface area contributed by atoms with Crippen molar-refractivity contribution in [3.8, 4) is 0 Å². The smallest absolute Gasteiger partial charge is 0.0664 e. The number of rotatable bonds is 0. The molecule has 60 valence electrons. The Bertz CT molecular complexity index is 364. The van der Waals surface area contributed by atoms with Gasteiger partial charge in [-0.25, -0.2) is 0 Å². The van der Waals surface area contributed by atoms with Crippen LogP contribution in [0.25, 0.3) is 0 Å². The van der Waals surface area contributed by atoms with Gasteiger partial charge in [0.2, 0.25) is 0 Å². The Labute approximate surface area is 72.1 Å². The molecule has 1 heterocycles. The van der Waals surface area contributed by atoms with Gasteiger partial charge in [-0.05, 0) is 42.0 Å². The lowest BCUT2D eigenvalue weighted by molar-refractivity contribution is 0.909. The Morgan fingerprint density at radius 2 is 2.08 bits per heavy atom. The Balaban J connectivity index is 2.27. The minimum Gasteiger partial charge on any atom is -0.261 e. The second-order valence-corrected chi connectivity index (χ2v) is 3.57. The number of fused-ring (bicyclic) bond motifs is 3. The molecule has 0 spiro atoms. The van der Waals surface area contributed by atoms with Crippen molar-refractivity contribution < 1.29 is 0 Å². The highest BCUT2D eigenvalue weighted by atomic mass is 14.7. The zero-order valence-corrected chi connectivity index (χ0v) is 7.01. The van der Waals surface area contributed by atoms with Gasteiger partial charge in [-0.2, -0.15) is 0 Å². The van der Waals surface area contributed by atoms with Gasteiger partial charge in [-0.15, -0.1) is 0 Å². The zero-order valence-electron chi connectivity index (χ0n) is 7.01. The number of aryl methyl sites for hydroxylation is 1. The second kappa shape index (κ2) is 2.19. The molecular weight excluding hydrogens is 146 g/mol. The van der Waals surface area contributed by atoms with Crippen molar-refractivity contribution in [3.05, 3.63) is 28.8 Å². The summed E-state index contributed by atoms with van der Waals surface area (Å²) in [7, 11) is 0. The Hall–Kier alpha value is -1.11. The van der Waals surface area contributed by atoms with Crippen LogP contribution in [-0.4, -0.2) is 6.21 Å². The molecular formula is C11H11N. The van der Waals surface area contributed by atoms with Crippen molar-refractivity contribution in [1.29, 1.82) is 0 Å². The third kappa shape index (κ3) is 0.711. The summed E-state index contributed by atoms with van der Waals surface area (Å²) < 4.78 is 0. The van der Waals surface area contributed by atoms with Gasteiger partial charge in [0, 0.05) is 12.6 Å². The van der Waals surface area contributed by atoms with E-state index >= 15 is 0 Å². The number of hydrogen-bond acceptors (Lipinski definition) is 1. The normalized spacial score (nSPS) is 18.0. The molecule has 0 atom stereocenters. The maximum atomic E-state index is 4.35. The summed E-state index contributed by atoms with van der Waals surface area (Å²) in [6, 6.07) is 4.42.